The van der Waals surface area contributed by atoms with Gasteiger partial charge in [-0.3, -0.25) is 4.79 Å². The number of hydrogen-bond acceptors (Lipinski definition) is 7. The Morgan fingerprint density at radius 3 is 2.57 bits per heavy atom. The third kappa shape index (κ3) is 4.17. The van der Waals surface area contributed by atoms with E-state index in [4.69, 9.17) is 0 Å². The summed E-state index contributed by atoms with van der Waals surface area (Å²) in [5.74, 6) is 0.113. The van der Waals surface area contributed by atoms with Crippen LogP contribution in [0.25, 0.3) is 11.2 Å². The smallest absolute Gasteiger partial charge is 0.258 e. The highest BCUT2D eigenvalue weighted by molar-refractivity contribution is 7.92. The van der Waals surface area contributed by atoms with Crippen LogP contribution in [-0.4, -0.2) is 52.6 Å². The first-order valence-electron chi connectivity index (χ1n) is 12.5. The molecule has 3 fully saturated rings. The number of anilines is 2. The molecule has 1 aliphatic heterocycles. The van der Waals surface area contributed by atoms with E-state index in [1.165, 1.54) is 12.8 Å². The van der Waals surface area contributed by atoms with Gasteiger partial charge in [0.25, 0.3) is 5.91 Å². The van der Waals surface area contributed by atoms with Crippen molar-refractivity contribution in [1.82, 2.24) is 20.0 Å². The minimum atomic E-state index is -3.35. The molecular formula is C25H30N6O3S. The topological polar surface area (TPSA) is 110 Å². The van der Waals surface area contributed by atoms with Crippen LogP contribution in [0.1, 0.15) is 62.2 Å². The molecule has 1 saturated heterocycles. The van der Waals surface area contributed by atoms with E-state index in [0.717, 1.165) is 32.4 Å². The first-order valence-corrected chi connectivity index (χ1v) is 14.1. The number of nitrogens with one attached hydrogen (secondary N) is 1. The molecule has 2 aromatic heterocycles. The third-order valence-corrected chi connectivity index (χ3v) is 9.92. The average Bonchev–Trinajstić information content (AvgIpc) is 3.79. The Bertz CT molecular complexity index is 1400. The van der Waals surface area contributed by atoms with Crippen molar-refractivity contribution in [3.63, 3.8) is 0 Å². The number of rotatable bonds is 7. The minimum absolute atomic E-state index is 0.288. The highest BCUT2D eigenvalue weighted by atomic mass is 32.2. The number of sulfone groups is 1. The van der Waals surface area contributed by atoms with E-state index in [2.05, 4.69) is 32.4 Å². The van der Waals surface area contributed by atoms with Crippen LogP contribution in [0.3, 0.4) is 0 Å². The molecule has 3 aliphatic rings. The van der Waals surface area contributed by atoms with Crippen LogP contribution in [-0.2, 0) is 16.4 Å². The van der Waals surface area contributed by atoms with Gasteiger partial charge in [0, 0.05) is 19.6 Å². The summed E-state index contributed by atoms with van der Waals surface area (Å²) < 4.78 is 27.6. The molecule has 1 amide bonds. The quantitative estimate of drug-likeness (QED) is 0.532. The largest absolute Gasteiger partial charge is 0.371 e. The van der Waals surface area contributed by atoms with E-state index in [1.54, 1.807) is 35.0 Å². The van der Waals surface area contributed by atoms with Crippen LogP contribution in [0.2, 0.25) is 0 Å². The lowest BCUT2D eigenvalue weighted by Gasteiger charge is -2.35. The Kier molecular flexibility index (Phi) is 5.32. The van der Waals surface area contributed by atoms with E-state index >= 15 is 0 Å². The molecule has 0 atom stereocenters. The molecule has 3 heterocycles. The van der Waals surface area contributed by atoms with E-state index in [-0.39, 0.29) is 11.2 Å². The van der Waals surface area contributed by atoms with Crippen molar-refractivity contribution in [1.29, 1.82) is 0 Å². The van der Waals surface area contributed by atoms with Gasteiger partial charge in [-0.1, -0.05) is 12.1 Å². The Hall–Kier alpha value is -3.01. The molecule has 1 spiro atoms. The van der Waals surface area contributed by atoms with Gasteiger partial charge in [-0.05, 0) is 80.7 Å². The second-order valence-electron chi connectivity index (χ2n) is 10.2. The zero-order valence-corrected chi connectivity index (χ0v) is 20.7. The summed E-state index contributed by atoms with van der Waals surface area (Å²) >= 11 is 0. The summed E-state index contributed by atoms with van der Waals surface area (Å²) in [5, 5.41) is 10.9. The van der Waals surface area contributed by atoms with Crippen molar-refractivity contribution in [3.8, 4) is 0 Å². The summed E-state index contributed by atoms with van der Waals surface area (Å²) in [7, 11) is -3.35. The zero-order valence-electron chi connectivity index (χ0n) is 19.9. The van der Waals surface area contributed by atoms with Crippen LogP contribution >= 0.6 is 0 Å². The molecule has 0 unspecified atom stereocenters. The Morgan fingerprint density at radius 1 is 1.11 bits per heavy atom. The van der Waals surface area contributed by atoms with Gasteiger partial charge in [-0.2, -0.15) is 0 Å². The molecule has 9 nitrogen and oxygen atoms in total. The number of carbonyl (C=O) groups is 1. The SMILES string of the molecule is CCCn1nnc2ccc(NC(=O)c3ccc(S(=O)(=O)C4CC4)cc3N3CCC4(CC3)CC4)nc21. The zero-order chi connectivity index (χ0) is 24.2. The van der Waals surface area contributed by atoms with Crippen molar-refractivity contribution in [2.24, 2.45) is 5.41 Å². The summed E-state index contributed by atoms with van der Waals surface area (Å²) in [5.41, 5.74) is 2.94. The van der Waals surface area contributed by atoms with Gasteiger partial charge in [0.1, 0.15) is 11.3 Å². The number of pyridine rings is 1. The van der Waals surface area contributed by atoms with Gasteiger partial charge >= 0.3 is 0 Å². The van der Waals surface area contributed by atoms with Crippen molar-refractivity contribution in [2.75, 3.05) is 23.3 Å². The fourth-order valence-corrected chi connectivity index (χ4v) is 6.76. The van der Waals surface area contributed by atoms with Crippen LogP contribution in [0.15, 0.2) is 35.2 Å². The van der Waals surface area contributed by atoms with Crippen LogP contribution in [0, 0.1) is 5.41 Å². The standard InChI is InChI=1S/C25H30N6O3S/c1-2-13-31-23-20(28-29-31)7-8-22(26-23)27-24(32)19-6-5-18(35(33,34)17-3-4-17)16-21(19)30-14-11-25(9-10-25)12-15-30/h5-8,16-17H,2-4,9-15H2,1H3,(H,26,27,32). The average molecular weight is 495 g/mol. The van der Waals surface area contributed by atoms with E-state index in [9.17, 15) is 13.2 Å². The monoisotopic (exact) mass is 494 g/mol. The van der Waals surface area contributed by atoms with Gasteiger partial charge in [-0.15, -0.1) is 5.10 Å². The van der Waals surface area contributed by atoms with E-state index in [0.29, 0.717) is 57.9 Å². The normalized spacial score (nSPS) is 19.3. The lowest BCUT2D eigenvalue weighted by Crippen LogP contribution is -2.36. The number of aryl methyl sites for hydroxylation is 1. The van der Waals surface area contributed by atoms with E-state index in [1.807, 2.05) is 0 Å². The van der Waals surface area contributed by atoms with Crippen LogP contribution in [0.4, 0.5) is 11.5 Å². The molecule has 10 heteroatoms. The maximum atomic E-state index is 13.4. The number of hydrogen-bond donors (Lipinski definition) is 1. The number of benzene rings is 1. The van der Waals surface area contributed by atoms with E-state index < -0.39 is 9.84 Å². The Morgan fingerprint density at radius 2 is 1.89 bits per heavy atom. The maximum absolute atomic E-state index is 13.4. The van der Waals surface area contributed by atoms with Crippen LogP contribution in [0.5, 0.6) is 0 Å². The van der Waals surface area contributed by atoms with Gasteiger partial charge < -0.3 is 10.2 Å². The first kappa shape index (κ1) is 22.5. The van der Waals surface area contributed by atoms with Gasteiger partial charge in [0.05, 0.1) is 21.4 Å². The Balaban J connectivity index is 1.32. The summed E-state index contributed by atoms with van der Waals surface area (Å²) in [6.07, 6.45) is 7.05. The number of carbonyl (C=O) groups excluding carboxylic acids is 1. The molecule has 35 heavy (non-hydrogen) atoms. The molecule has 6 rings (SSSR count). The lowest BCUT2D eigenvalue weighted by atomic mass is 9.93. The molecular weight excluding hydrogens is 464 g/mol. The molecule has 2 aliphatic carbocycles. The van der Waals surface area contributed by atoms with Gasteiger partial charge in [0.2, 0.25) is 0 Å². The molecule has 3 aromatic rings. The van der Waals surface area contributed by atoms with Gasteiger partial charge in [-0.25, -0.2) is 18.1 Å². The molecule has 2 saturated carbocycles. The molecule has 0 radical (unpaired) electrons. The fraction of sp³-hybridized carbons (Fsp3) is 0.520. The summed E-state index contributed by atoms with van der Waals surface area (Å²) in [6, 6.07) is 8.46. The van der Waals surface area contributed by atoms with Crippen molar-refractivity contribution in [3.05, 3.63) is 35.9 Å². The second-order valence-corrected chi connectivity index (χ2v) is 12.4. The Labute approximate surface area is 204 Å². The predicted molar refractivity (Wildman–Crippen MR) is 133 cm³/mol. The summed E-state index contributed by atoms with van der Waals surface area (Å²) in [4.78, 5) is 20.5. The lowest BCUT2D eigenvalue weighted by molar-refractivity contribution is 0.102. The van der Waals surface area contributed by atoms with Crippen molar-refractivity contribution in [2.45, 2.75) is 68.6 Å². The number of piperidine rings is 1. The molecule has 184 valence electrons. The summed E-state index contributed by atoms with van der Waals surface area (Å²) in [6.45, 7) is 4.41. The second kappa shape index (κ2) is 8.29. The van der Waals surface area contributed by atoms with Gasteiger partial charge in [0.15, 0.2) is 15.5 Å². The highest BCUT2D eigenvalue weighted by Crippen LogP contribution is 2.54. The minimum Gasteiger partial charge on any atom is -0.371 e. The maximum Gasteiger partial charge on any atom is 0.258 e. The molecule has 1 N–H and O–H groups in total. The highest BCUT2D eigenvalue weighted by Gasteiger charge is 2.45. The number of fused-ring (bicyclic) bond motifs is 1. The third-order valence-electron chi connectivity index (χ3n) is 7.66. The first-order chi connectivity index (χ1) is 16.9. The number of nitrogens with zero attached hydrogens (tertiary/aromatic N) is 5. The molecule has 1 aromatic carbocycles. The number of aromatic nitrogens is 4. The van der Waals surface area contributed by atoms with Crippen LogP contribution < -0.4 is 10.2 Å². The van der Waals surface area contributed by atoms with Crippen molar-refractivity contribution < 1.29 is 13.2 Å². The number of amides is 1. The van der Waals surface area contributed by atoms with Crippen molar-refractivity contribution >= 4 is 38.4 Å². The fourth-order valence-electron chi connectivity index (χ4n) is 5.08. The molecule has 0 bridgehead atoms. The predicted octanol–water partition coefficient (Wildman–Crippen LogP) is 3.81.